The minimum absolute atomic E-state index is 0.0410. The first kappa shape index (κ1) is 16.5. The summed E-state index contributed by atoms with van der Waals surface area (Å²) in [4.78, 5) is 17.8. The molecule has 0 unspecified atom stereocenters. The van der Waals surface area contributed by atoms with Crippen molar-refractivity contribution >= 4 is 17.4 Å². The van der Waals surface area contributed by atoms with Crippen molar-refractivity contribution in [2.45, 2.75) is 13.2 Å². The minimum atomic E-state index is -3.68. The molecule has 2 aromatic heterocycles. The topological polar surface area (TPSA) is 61.6 Å². The first-order chi connectivity index (χ1) is 12.3. The van der Waals surface area contributed by atoms with Gasteiger partial charge in [-0.05, 0) is 19.1 Å². The average Bonchev–Trinajstić information content (AvgIpc) is 3.22. The van der Waals surface area contributed by atoms with Crippen LogP contribution < -0.4 is 18.8 Å². The predicted molar refractivity (Wildman–Crippen MR) is 86.6 cm³/mol. The maximum atomic E-state index is 13.2. The number of benzene rings is 1. The van der Waals surface area contributed by atoms with Crippen molar-refractivity contribution in [2.24, 2.45) is 12.0 Å². The molecule has 3 heterocycles. The Morgan fingerprint density at radius 1 is 1.31 bits per heavy atom. The molecule has 0 aliphatic carbocycles. The van der Waals surface area contributed by atoms with E-state index in [9.17, 15) is 13.6 Å². The van der Waals surface area contributed by atoms with E-state index in [1.54, 1.807) is 47.2 Å². The summed E-state index contributed by atoms with van der Waals surface area (Å²) in [7, 11) is 1.79. The molecule has 1 aliphatic heterocycles. The van der Waals surface area contributed by atoms with Crippen molar-refractivity contribution in [2.75, 3.05) is 0 Å². The second kappa shape index (κ2) is 5.77. The van der Waals surface area contributed by atoms with Crippen molar-refractivity contribution in [3.63, 3.8) is 0 Å². The van der Waals surface area contributed by atoms with Gasteiger partial charge in [0.05, 0.1) is 12.7 Å². The van der Waals surface area contributed by atoms with Crippen LogP contribution in [0.15, 0.2) is 48.1 Å². The monoisotopic (exact) mass is 379 g/mol. The van der Waals surface area contributed by atoms with Gasteiger partial charge < -0.3 is 9.47 Å². The molecule has 0 spiro atoms. The van der Waals surface area contributed by atoms with Gasteiger partial charge in [-0.3, -0.25) is 4.57 Å². The molecule has 1 amide bonds. The third kappa shape index (κ3) is 2.99. The number of halogens is 2. The molecule has 4 rings (SSSR count). The van der Waals surface area contributed by atoms with Gasteiger partial charge >= 0.3 is 12.3 Å². The number of ether oxygens (including phenoxy) is 2. The first-order valence-electron chi connectivity index (χ1n) is 7.52. The molecule has 0 bridgehead atoms. The van der Waals surface area contributed by atoms with Crippen LogP contribution in [0.5, 0.6) is 11.5 Å². The lowest BCUT2D eigenvalue weighted by molar-refractivity contribution is -0.670. The van der Waals surface area contributed by atoms with E-state index in [1.807, 2.05) is 6.92 Å². The zero-order valence-electron chi connectivity index (χ0n) is 13.7. The number of hydrogen-bond acceptors (Lipinski definition) is 4. The summed E-state index contributed by atoms with van der Waals surface area (Å²) in [6.45, 7) is 1.86. The highest BCUT2D eigenvalue weighted by atomic mass is 32.1. The number of carbonyl (C=O) groups is 1. The number of aromatic nitrogens is 3. The Balaban J connectivity index is 1.76. The van der Waals surface area contributed by atoms with E-state index in [-0.39, 0.29) is 11.5 Å². The summed E-state index contributed by atoms with van der Waals surface area (Å²) in [5, 5.41) is 0. The summed E-state index contributed by atoms with van der Waals surface area (Å²) in [6, 6.07) is 3.94. The molecule has 0 saturated heterocycles. The molecule has 0 saturated carbocycles. The second-order valence-electron chi connectivity index (χ2n) is 5.67. The van der Waals surface area contributed by atoms with Crippen LogP contribution in [0.4, 0.5) is 13.6 Å². The number of fused-ring (bicyclic) bond motifs is 1. The lowest BCUT2D eigenvalue weighted by atomic mass is 10.3. The molecule has 0 atom stereocenters. The van der Waals surface area contributed by atoms with Crippen LogP contribution in [0.2, 0.25) is 0 Å². The normalized spacial score (nSPS) is 15.5. The molecule has 7 nitrogen and oxygen atoms in total. The lowest BCUT2D eigenvalue weighted by Gasteiger charge is -2.04. The molecule has 1 aromatic carbocycles. The molecule has 0 N–H and O–H groups in total. The van der Waals surface area contributed by atoms with E-state index in [1.165, 1.54) is 28.0 Å². The molecule has 134 valence electrons. The number of thiazole rings is 1. The zero-order chi connectivity index (χ0) is 18.5. The highest BCUT2D eigenvalue weighted by Crippen LogP contribution is 2.41. The summed E-state index contributed by atoms with van der Waals surface area (Å²) in [5.74, 6) is -0.112. The van der Waals surface area contributed by atoms with Crippen molar-refractivity contribution in [3.8, 4) is 17.2 Å². The maximum absolute atomic E-state index is 13.2. The Hall–Kier alpha value is -3.01. The highest BCUT2D eigenvalue weighted by Gasteiger charge is 2.43. The fourth-order valence-electron chi connectivity index (χ4n) is 2.51. The number of hydrogen-bond donors (Lipinski definition) is 0. The largest absolute Gasteiger partial charge is 0.586 e. The van der Waals surface area contributed by atoms with Gasteiger partial charge in [-0.1, -0.05) is 0 Å². The molecular formula is C16H13F2N4O3S+. The number of rotatable bonds is 1. The van der Waals surface area contributed by atoms with Crippen LogP contribution in [0.3, 0.4) is 0 Å². The Kier molecular flexibility index (Phi) is 3.65. The van der Waals surface area contributed by atoms with Gasteiger partial charge in [0.1, 0.15) is 12.4 Å². The second-order valence-corrected chi connectivity index (χ2v) is 6.89. The first-order valence-corrected chi connectivity index (χ1v) is 8.34. The summed E-state index contributed by atoms with van der Waals surface area (Å²) < 4.78 is 40.0. The number of imidazole rings is 1. The lowest BCUT2D eigenvalue weighted by Crippen LogP contribution is -2.26. The van der Waals surface area contributed by atoms with E-state index < -0.39 is 12.3 Å². The maximum Gasteiger partial charge on any atom is 0.586 e. The van der Waals surface area contributed by atoms with E-state index >= 15 is 0 Å². The molecule has 0 radical (unpaired) electrons. The summed E-state index contributed by atoms with van der Waals surface area (Å²) in [5.41, 5.74) is 0.527. The quantitative estimate of drug-likeness (QED) is 0.610. The van der Waals surface area contributed by atoms with E-state index in [0.29, 0.717) is 10.5 Å². The van der Waals surface area contributed by atoms with Gasteiger partial charge in [0.15, 0.2) is 11.5 Å². The van der Waals surface area contributed by atoms with Gasteiger partial charge in [-0.2, -0.15) is 0 Å². The van der Waals surface area contributed by atoms with Crippen LogP contribution >= 0.6 is 11.3 Å². The van der Waals surface area contributed by atoms with Crippen LogP contribution in [-0.4, -0.2) is 21.5 Å². The highest BCUT2D eigenvalue weighted by molar-refractivity contribution is 7.09. The predicted octanol–water partition coefficient (Wildman–Crippen LogP) is 2.36. The van der Waals surface area contributed by atoms with Gasteiger partial charge in [-0.25, -0.2) is 9.36 Å². The van der Waals surface area contributed by atoms with E-state index in [0.717, 1.165) is 4.88 Å². The molecular weight excluding hydrogens is 366 g/mol. The Bertz CT molecular complexity index is 1080. The fourth-order valence-corrected chi connectivity index (χ4v) is 3.33. The third-order valence-electron chi connectivity index (χ3n) is 3.61. The van der Waals surface area contributed by atoms with Gasteiger partial charge in [-0.15, -0.1) is 29.7 Å². The summed E-state index contributed by atoms with van der Waals surface area (Å²) in [6.07, 6.45) is 3.00. The Morgan fingerprint density at radius 2 is 2.08 bits per heavy atom. The van der Waals surface area contributed by atoms with Crippen molar-refractivity contribution in [3.05, 3.63) is 52.8 Å². The van der Waals surface area contributed by atoms with Crippen LogP contribution in [-0.2, 0) is 7.05 Å². The van der Waals surface area contributed by atoms with Crippen LogP contribution in [0.25, 0.3) is 5.69 Å². The number of alkyl halides is 2. The van der Waals surface area contributed by atoms with E-state index in [2.05, 4.69) is 14.5 Å². The number of amides is 1. The molecule has 3 aromatic rings. The van der Waals surface area contributed by atoms with Gasteiger partial charge in [0.25, 0.3) is 6.33 Å². The smallest absolute Gasteiger partial charge is 0.395 e. The van der Waals surface area contributed by atoms with Crippen molar-refractivity contribution in [1.82, 2.24) is 9.13 Å². The summed E-state index contributed by atoms with van der Waals surface area (Å²) >= 11 is 1.31. The van der Waals surface area contributed by atoms with Crippen molar-refractivity contribution < 1.29 is 27.6 Å². The Morgan fingerprint density at radius 3 is 2.81 bits per heavy atom. The average molecular weight is 379 g/mol. The van der Waals surface area contributed by atoms with E-state index in [4.69, 9.17) is 0 Å². The van der Waals surface area contributed by atoms with Crippen LogP contribution in [0.1, 0.15) is 4.88 Å². The third-order valence-corrected chi connectivity index (χ3v) is 4.51. The standard InChI is InChI=1S/C16H13F2N4O3S/c1-10-8-22(11-3-4-12-13(7-11)25-16(17,18)24-12)15(26-10)19-14(23)21-6-5-20(2)9-21/h3-9H,1-2H3/q+1/b19-15-. The Labute approximate surface area is 150 Å². The number of nitrogens with zero attached hydrogens (tertiary/aromatic N) is 4. The van der Waals surface area contributed by atoms with Crippen molar-refractivity contribution in [1.29, 1.82) is 0 Å². The molecule has 0 fully saturated rings. The molecule has 1 aliphatic rings. The van der Waals surface area contributed by atoms with Crippen LogP contribution in [0, 0.1) is 6.92 Å². The SMILES string of the molecule is Cc1cn(-c2ccc3c(c2)OC(F)(F)O3)/c(=N/C(=O)n2cc[n+](C)c2)s1. The minimum Gasteiger partial charge on any atom is -0.395 e. The number of carbonyl (C=O) groups excluding carboxylic acids is 1. The zero-order valence-corrected chi connectivity index (χ0v) is 14.5. The fraction of sp³-hybridized carbons (Fsp3) is 0.188. The molecule has 10 heteroatoms. The van der Waals surface area contributed by atoms with Gasteiger partial charge in [0.2, 0.25) is 4.80 Å². The van der Waals surface area contributed by atoms with Gasteiger partial charge in [0, 0.05) is 17.1 Å². The number of aryl methyl sites for hydroxylation is 2. The molecule has 26 heavy (non-hydrogen) atoms.